The number of allylic oxidation sites excluding steroid dienone is 2. The first-order chi connectivity index (χ1) is 30.4. The third kappa shape index (κ3) is 14.6. The number of nitrogens with one attached hydrogen (secondary N) is 3. The minimum Gasteiger partial charge on any atom is -0.444 e. The number of alkyl carbamates (subject to hydrolysis) is 1. The number of anilines is 3. The van der Waals surface area contributed by atoms with Crippen LogP contribution in [0.15, 0.2) is 126 Å². The van der Waals surface area contributed by atoms with Gasteiger partial charge in [0.15, 0.2) is 0 Å². The number of hydrogen-bond acceptors (Lipinski definition) is 11. The molecule has 2 aliphatic rings. The molecule has 0 radical (unpaired) electrons. The third-order valence-corrected chi connectivity index (χ3v) is 12.0. The second kappa shape index (κ2) is 22.1. The van der Waals surface area contributed by atoms with Crippen molar-refractivity contribution in [3.8, 4) is 10.4 Å². The van der Waals surface area contributed by atoms with E-state index in [1.807, 2.05) is 116 Å². The molecule has 1 aliphatic heterocycles. The van der Waals surface area contributed by atoms with Gasteiger partial charge in [-0.05, 0) is 143 Å². The van der Waals surface area contributed by atoms with Gasteiger partial charge in [-0.1, -0.05) is 56.8 Å². The van der Waals surface area contributed by atoms with Crippen LogP contribution in [0, 0.1) is 0 Å². The van der Waals surface area contributed by atoms with Gasteiger partial charge in [-0.2, -0.15) is 0 Å². The zero-order valence-electron chi connectivity index (χ0n) is 38.8. The van der Waals surface area contributed by atoms with Crippen LogP contribution in [0.3, 0.4) is 0 Å². The number of ether oxygens (including phenoxy) is 2. The smallest absolute Gasteiger partial charge is 0.412 e. The number of thiophene rings is 2. The molecule has 0 saturated carbocycles. The normalized spacial score (nSPS) is 16.4. The maximum atomic E-state index is 12.6. The molecule has 1 fully saturated rings. The lowest BCUT2D eigenvalue weighted by Gasteiger charge is -2.36. The quantitative estimate of drug-likeness (QED) is 0.108. The van der Waals surface area contributed by atoms with Crippen LogP contribution >= 0.6 is 22.7 Å². The molecule has 64 heavy (non-hydrogen) atoms. The highest BCUT2D eigenvalue weighted by Gasteiger charge is 2.33. The second-order valence-corrected chi connectivity index (χ2v) is 19.4. The summed E-state index contributed by atoms with van der Waals surface area (Å²) >= 11 is 3.34. The van der Waals surface area contributed by atoms with Gasteiger partial charge in [-0.25, -0.2) is 9.59 Å². The first kappa shape index (κ1) is 49.1. The summed E-state index contributed by atoms with van der Waals surface area (Å²) in [5.41, 5.74) is 12.9. The molecule has 4 heterocycles. The summed E-state index contributed by atoms with van der Waals surface area (Å²) in [7, 11) is 0. The van der Waals surface area contributed by atoms with Crippen molar-refractivity contribution >= 4 is 63.2 Å². The second-order valence-electron chi connectivity index (χ2n) is 17.5. The van der Waals surface area contributed by atoms with Crippen molar-refractivity contribution in [2.24, 2.45) is 5.73 Å². The Morgan fingerprint density at radius 1 is 0.797 bits per heavy atom. The molecular formula is C51H65N7O4S2. The SMILES string of the molecule is C=C(Nc1cc(-c2cccs2)ccc1NC(=O)OC(C)(C)C)c1ccc(N2CCN(Cc3ccncc3)CC2)cc1.CC.CC(C)(C)OC(=O)NC1(C)CC=C(c2cccs2)C=C1N. The van der Waals surface area contributed by atoms with Crippen molar-refractivity contribution in [2.45, 2.75) is 92.0 Å². The molecule has 7 rings (SSSR count). The topological polar surface area (TPSA) is 134 Å². The summed E-state index contributed by atoms with van der Waals surface area (Å²) in [4.78, 5) is 35.9. The molecule has 2 amide bonds. The van der Waals surface area contributed by atoms with Crippen molar-refractivity contribution in [3.05, 3.63) is 142 Å². The summed E-state index contributed by atoms with van der Waals surface area (Å²) in [6.45, 7) is 26.2. The fraction of sp³-hybridized carbons (Fsp3) is 0.353. The van der Waals surface area contributed by atoms with E-state index in [2.05, 4.69) is 97.3 Å². The van der Waals surface area contributed by atoms with Gasteiger partial charge >= 0.3 is 12.2 Å². The predicted octanol–water partition coefficient (Wildman–Crippen LogP) is 12.2. The summed E-state index contributed by atoms with van der Waals surface area (Å²) in [5.74, 6) is 0. The van der Waals surface area contributed by atoms with Crippen LogP contribution in [0.2, 0.25) is 0 Å². The Morgan fingerprint density at radius 2 is 1.41 bits per heavy atom. The number of hydrogen-bond donors (Lipinski definition) is 4. The number of nitrogens with two attached hydrogens (primary N) is 1. The minimum atomic E-state index is -0.608. The average Bonchev–Trinajstić information content (AvgIpc) is 4.00. The molecule has 1 aliphatic carbocycles. The molecule has 5 N–H and O–H groups in total. The lowest BCUT2D eigenvalue weighted by molar-refractivity contribution is 0.0478. The predicted molar refractivity (Wildman–Crippen MR) is 269 cm³/mol. The number of amides is 2. The van der Waals surface area contributed by atoms with Crippen molar-refractivity contribution < 1.29 is 19.1 Å². The monoisotopic (exact) mass is 903 g/mol. The van der Waals surface area contributed by atoms with Crippen LogP contribution in [0.4, 0.5) is 26.7 Å². The van der Waals surface area contributed by atoms with Crippen LogP contribution in [0.1, 0.15) is 84.7 Å². The molecule has 5 aromatic rings. The molecule has 3 aromatic heterocycles. The number of nitrogens with zero attached hydrogens (tertiary/aromatic N) is 3. The maximum Gasteiger partial charge on any atom is 0.412 e. The van der Waals surface area contributed by atoms with Crippen LogP contribution < -0.4 is 26.6 Å². The van der Waals surface area contributed by atoms with E-state index in [0.29, 0.717) is 17.8 Å². The van der Waals surface area contributed by atoms with E-state index in [0.717, 1.165) is 65.7 Å². The first-order valence-corrected chi connectivity index (χ1v) is 23.5. The standard InChI is InChI=1S/C33H37N5O2S.C16H22N2O2S.C2H6/c1-24(26-7-10-28(11-8-26)38-19-17-37(18-20-38)23-25-13-15-34-16-14-25)35-30-22-27(31-6-5-21-41-31)9-12-29(30)36-32(39)40-33(2,3)4;1-15(2,3)20-14(19)18-16(4)8-7-11(10-13(16)17)12-6-5-9-21-12;1-2/h5-16,21-22,35H,1,17-20,23H2,2-4H3,(H,36,39);5-7,9-10H,8,17H2,1-4H3,(H,18,19);1-2H3. The number of carbonyl (C=O) groups is 2. The van der Waals surface area contributed by atoms with Gasteiger partial charge in [0.1, 0.15) is 11.2 Å². The Labute approximate surface area is 388 Å². The van der Waals surface area contributed by atoms with E-state index in [9.17, 15) is 9.59 Å². The lowest BCUT2D eigenvalue weighted by atomic mass is 9.87. The molecule has 1 saturated heterocycles. The van der Waals surface area contributed by atoms with Crippen LogP contribution in [0.5, 0.6) is 0 Å². The molecule has 1 atom stereocenters. The van der Waals surface area contributed by atoms with Gasteiger partial charge in [0.05, 0.1) is 16.9 Å². The highest BCUT2D eigenvalue weighted by Crippen LogP contribution is 2.35. The molecule has 0 spiro atoms. The number of rotatable bonds is 10. The van der Waals surface area contributed by atoms with Crippen molar-refractivity contribution in [1.29, 1.82) is 0 Å². The van der Waals surface area contributed by atoms with E-state index < -0.39 is 28.9 Å². The molecular weight excluding hydrogens is 839 g/mol. The van der Waals surface area contributed by atoms with E-state index in [4.69, 9.17) is 15.2 Å². The summed E-state index contributed by atoms with van der Waals surface area (Å²) in [6, 6.07) is 26.8. The molecule has 0 bridgehead atoms. The molecule has 2 aromatic carbocycles. The van der Waals surface area contributed by atoms with Gasteiger partial charge < -0.3 is 30.7 Å². The van der Waals surface area contributed by atoms with Gasteiger partial charge in [0, 0.05) is 72.0 Å². The van der Waals surface area contributed by atoms with Crippen LogP contribution in [0.25, 0.3) is 21.7 Å². The van der Waals surface area contributed by atoms with Crippen molar-refractivity contribution in [2.75, 3.05) is 41.7 Å². The molecule has 1 unspecified atom stereocenters. The Hall–Kier alpha value is -5.89. The number of aromatic nitrogens is 1. The van der Waals surface area contributed by atoms with E-state index in [-0.39, 0.29) is 0 Å². The molecule has 13 heteroatoms. The van der Waals surface area contributed by atoms with Crippen LogP contribution in [-0.2, 0) is 16.0 Å². The lowest BCUT2D eigenvalue weighted by Crippen LogP contribution is -2.51. The largest absolute Gasteiger partial charge is 0.444 e. The van der Waals surface area contributed by atoms with Gasteiger partial charge in [0.2, 0.25) is 0 Å². The summed E-state index contributed by atoms with van der Waals surface area (Å²) < 4.78 is 10.8. The highest BCUT2D eigenvalue weighted by atomic mass is 32.1. The van der Waals surface area contributed by atoms with Gasteiger partial charge in [-0.15, -0.1) is 22.7 Å². The Bertz CT molecular complexity index is 2340. The first-order valence-electron chi connectivity index (χ1n) is 21.8. The zero-order chi connectivity index (χ0) is 46.5. The van der Waals surface area contributed by atoms with Crippen molar-refractivity contribution in [3.63, 3.8) is 0 Å². The number of benzene rings is 2. The Morgan fingerprint density at radius 3 is 1.98 bits per heavy atom. The minimum absolute atomic E-state index is 0.450. The van der Waals surface area contributed by atoms with E-state index in [1.54, 1.807) is 22.7 Å². The Kier molecular flexibility index (Phi) is 17.0. The van der Waals surface area contributed by atoms with Gasteiger partial charge in [-0.3, -0.25) is 15.2 Å². The Balaban J connectivity index is 0.000000282. The number of pyridine rings is 1. The van der Waals surface area contributed by atoms with E-state index in [1.165, 1.54) is 16.1 Å². The fourth-order valence-electron chi connectivity index (χ4n) is 6.87. The highest BCUT2D eigenvalue weighted by molar-refractivity contribution is 7.13. The number of piperazine rings is 1. The van der Waals surface area contributed by atoms with Crippen LogP contribution in [-0.4, -0.2) is 65.0 Å². The average molecular weight is 904 g/mol. The number of carbonyl (C=O) groups excluding carboxylic acids is 2. The molecule has 11 nitrogen and oxygen atoms in total. The summed E-state index contributed by atoms with van der Waals surface area (Å²) in [6.07, 6.45) is 7.42. The zero-order valence-corrected chi connectivity index (χ0v) is 40.4. The van der Waals surface area contributed by atoms with Crippen molar-refractivity contribution in [1.82, 2.24) is 15.2 Å². The van der Waals surface area contributed by atoms with E-state index >= 15 is 0 Å². The fourth-order valence-corrected chi connectivity index (χ4v) is 8.33. The third-order valence-electron chi connectivity index (χ3n) is 10.1. The van der Waals surface area contributed by atoms with Gasteiger partial charge in [0.25, 0.3) is 0 Å². The maximum absolute atomic E-state index is 12.6. The molecule has 340 valence electrons. The summed E-state index contributed by atoms with van der Waals surface area (Å²) in [5, 5.41) is 13.3.